The molecule has 0 bridgehead atoms. The van der Waals surface area contributed by atoms with E-state index in [1.165, 1.54) is 5.56 Å². The number of methoxy groups -OCH3 is 2. The first-order chi connectivity index (χ1) is 14.7. The molecule has 1 aromatic heterocycles. The van der Waals surface area contributed by atoms with Crippen LogP contribution in [0.1, 0.15) is 18.9 Å². The van der Waals surface area contributed by atoms with Gasteiger partial charge in [-0.1, -0.05) is 31.2 Å². The minimum Gasteiger partial charge on any atom is -0.493 e. The second kappa shape index (κ2) is 11.2. The predicted octanol–water partition coefficient (Wildman–Crippen LogP) is 4.09. The third-order valence-electron chi connectivity index (χ3n) is 4.89. The SMILES string of the molecule is CCN(CCCOc1noc(-c2ccccc2)n1)CCc1ccc(OC)c(OC)c1. The van der Waals surface area contributed by atoms with Crippen LogP contribution in [-0.2, 0) is 6.42 Å². The van der Waals surface area contributed by atoms with E-state index in [0.717, 1.165) is 49.5 Å². The van der Waals surface area contributed by atoms with Gasteiger partial charge in [-0.2, -0.15) is 4.98 Å². The van der Waals surface area contributed by atoms with Crippen LogP contribution >= 0.6 is 0 Å². The minimum atomic E-state index is 0.280. The number of rotatable bonds is 12. The Bertz CT molecular complexity index is 898. The quantitative estimate of drug-likeness (QED) is 0.416. The Hall–Kier alpha value is -3.06. The van der Waals surface area contributed by atoms with Crippen molar-refractivity contribution in [2.24, 2.45) is 0 Å². The topological polar surface area (TPSA) is 69.9 Å². The highest BCUT2D eigenvalue weighted by atomic mass is 16.6. The lowest BCUT2D eigenvalue weighted by Gasteiger charge is -2.20. The van der Waals surface area contributed by atoms with Crippen LogP contribution in [0, 0.1) is 0 Å². The Morgan fingerprint density at radius 2 is 1.77 bits per heavy atom. The normalized spacial score (nSPS) is 10.9. The van der Waals surface area contributed by atoms with E-state index in [4.69, 9.17) is 18.7 Å². The van der Waals surface area contributed by atoms with Gasteiger partial charge in [0, 0.05) is 18.7 Å². The van der Waals surface area contributed by atoms with Crippen molar-refractivity contribution >= 4 is 0 Å². The molecule has 0 unspecified atom stereocenters. The van der Waals surface area contributed by atoms with Crippen molar-refractivity contribution in [1.29, 1.82) is 0 Å². The molecular weight excluding hydrogens is 382 g/mol. The zero-order valence-corrected chi connectivity index (χ0v) is 17.8. The van der Waals surface area contributed by atoms with Gasteiger partial charge in [0.1, 0.15) is 0 Å². The summed E-state index contributed by atoms with van der Waals surface area (Å²) < 4.78 is 21.6. The number of aromatic nitrogens is 2. The van der Waals surface area contributed by atoms with E-state index in [2.05, 4.69) is 28.0 Å². The molecule has 7 nitrogen and oxygen atoms in total. The maximum Gasteiger partial charge on any atom is 0.354 e. The zero-order valence-electron chi connectivity index (χ0n) is 17.8. The summed E-state index contributed by atoms with van der Waals surface area (Å²) in [5.41, 5.74) is 2.11. The fourth-order valence-electron chi connectivity index (χ4n) is 3.17. The highest BCUT2D eigenvalue weighted by molar-refractivity contribution is 5.52. The van der Waals surface area contributed by atoms with E-state index in [1.54, 1.807) is 14.2 Å². The van der Waals surface area contributed by atoms with E-state index in [1.807, 2.05) is 42.5 Å². The number of ether oxygens (including phenoxy) is 3. The molecule has 0 spiro atoms. The number of nitrogens with zero attached hydrogens (tertiary/aromatic N) is 3. The Morgan fingerprint density at radius 1 is 0.967 bits per heavy atom. The summed E-state index contributed by atoms with van der Waals surface area (Å²) in [5, 5.41) is 3.89. The van der Waals surface area contributed by atoms with Crippen molar-refractivity contribution in [3.05, 3.63) is 54.1 Å². The van der Waals surface area contributed by atoms with Gasteiger partial charge in [-0.15, -0.1) is 0 Å². The highest BCUT2D eigenvalue weighted by Crippen LogP contribution is 2.27. The maximum absolute atomic E-state index is 5.65. The molecule has 0 amide bonds. The fourth-order valence-corrected chi connectivity index (χ4v) is 3.17. The van der Waals surface area contributed by atoms with Gasteiger partial charge >= 0.3 is 6.01 Å². The van der Waals surface area contributed by atoms with Crippen LogP contribution in [0.4, 0.5) is 0 Å². The van der Waals surface area contributed by atoms with Gasteiger partial charge in [0.25, 0.3) is 5.89 Å². The maximum atomic E-state index is 5.65. The fraction of sp³-hybridized carbons (Fsp3) is 0.391. The van der Waals surface area contributed by atoms with Crippen LogP contribution in [0.3, 0.4) is 0 Å². The first kappa shape index (κ1) is 21.6. The van der Waals surface area contributed by atoms with Crippen molar-refractivity contribution in [3.63, 3.8) is 0 Å². The van der Waals surface area contributed by atoms with Gasteiger partial charge < -0.3 is 23.6 Å². The summed E-state index contributed by atoms with van der Waals surface area (Å²) >= 11 is 0. The van der Waals surface area contributed by atoms with Gasteiger partial charge in [0.2, 0.25) is 0 Å². The average molecular weight is 412 g/mol. The summed E-state index contributed by atoms with van der Waals surface area (Å²) in [6.45, 7) is 5.59. The number of benzene rings is 2. The molecule has 0 aliphatic carbocycles. The van der Waals surface area contributed by atoms with Crippen LogP contribution in [0.5, 0.6) is 17.5 Å². The number of hydrogen-bond donors (Lipinski definition) is 0. The third-order valence-corrected chi connectivity index (χ3v) is 4.89. The van der Waals surface area contributed by atoms with Crippen molar-refractivity contribution in [2.45, 2.75) is 19.8 Å². The lowest BCUT2D eigenvalue weighted by atomic mass is 10.1. The molecule has 0 N–H and O–H groups in total. The average Bonchev–Trinajstić information content (AvgIpc) is 3.28. The van der Waals surface area contributed by atoms with Crippen molar-refractivity contribution < 1.29 is 18.7 Å². The second-order valence-electron chi connectivity index (χ2n) is 6.82. The number of likely N-dealkylation sites (N-methyl/N-ethyl adjacent to an activating group) is 1. The molecule has 160 valence electrons. The standard InChI is InChI=1S/C23H29N3O4/c1-4-26(15-13-18-11-12-20(27-2)21(17-18)28-3)14-8-16-29-23-24-22(30-25-23)19-9-6-5-7-10-19/h5-7,9-12,17H,4,8,13-16H2,1-3H3. The first-order valence-electron chi connectivity index (χ1n) is 10.2. The van der Waals surface area contributed by atoms with E-state index in [-0.39, 0.29) is 6.01 Å². The van der Waals surface area contributed by atoms with E-state index in [9.17, 15) is 0 Å². The lowest BCUT2D eigenvalue weighted by molar-refractivity contribution is 0.228. The van der Waals surface area contributed by atoms with Crippen molar-refractivity contribution in [2.75, 3.05) is 40.5 Å². The zero-order chi connectivity index (χ0) is 21.2. The Morgan fingerprint density at radius 3 is 2.50 bits per heavy atom. The molecule has 0 radical (unpaired) electrons. The van der Waals surface area contributed by atoms with Gasteiger partial charge in [-0.3, -0.25) is 0 Å². The van der Waals surface area contributed by atoms with Crippen LogP contribution in [0.15, 0.2) is 53.1 Å². The Kier molecular flexibility index (Phi) is 8.09. The Labute approximate surface area is 177 Å². The summed E-state index contributed by atoms with van der Waals surface area (Å²) in [6.07, 6.45) is 1.83. The molecule has 7 heteroatoms. The van der Waals surface area contributed by atoms with Crippen LogP contribution in [0.2, 0.25) is 0 Å². The lowest BCUT2D eigenvalue weighted by Crippen LogP contribution is -2.28. The molecule has 0 saturated carbocycles. The Balaban J connectivity index is 1.41. The van der Waals surface area contributed by atoms with Crippen LogP contribution in [-0.4, -0.2) is 55.5 Å². The smallest absolute Gasteiger partial charge is 0.354 e. The highest BCUT2D eigenvalue weighted by Gasteiger charge is 2.10. The van der Waals surface area contributed by atoms with Crippen LogP contribution < -0.4 is 14.2 Å². The predicted molar refractivity (Wildman–Crippen MR) is 115 cm³/mol. The molecule has 0 aliphatic rings. The molecule has 3 rings (SSSR count). The van der Waals surface area contributed by atoms with Gasteiger partial charge in [-0.25, -0.2) is 0 Å². The van der Waals surface area contributed by atoms with E-state index >= 15 is 0 Å². The van der Waals surface area contributed by atoms with E-state index in [0.29, 0.717) is 12.5 Å². The second-order valence-corrected chi connectivity index (χ2v) is 6.82. The summed E-state index contributed by atoms with van der Waals surface area (Å²) in [4.78, 5) is 6.68. The molecule has 0 fully saturated rings. The van der Waals surface area contributed by atoms with Gasteiger partial charge in [0.05, 0.1) is 20.8 Å². The van der Waals surface area contributed by atoms with Crippen molar-refractivity contribution in [3.8, 4) is 29.0 Å². The molecule has 30 heavy (non-hydrogen) atoms. The summed E-state index contributed by atoms with van der Waals surface area (Å²) in [5.74, 6) is 1.99. The molecule has 1 heterocycles. The summed E-state index contributed by atoms with van der Waals surface area (Å²) in [7, 11) is 3.31. The first-order valence-corrected chi connectivity index (χ1v) is 10.2. The molecule has 3 aromatic rings. The number of hydrogen-bond acceptors (Lipinski definition) is 7. The largest absolute Gasteiger partial charge is 0.493 e. The van der Waals surface area contributed by atoms with Gasteiger partial charge in [-0.05, 0) is 54.4 Å². The molecular formula is C23H29N3O4. The molecule has 0 aliphatic heterocycles. The van der Waals surface area contributed by atoms with E-state index < -0.39 is 0 Å². The summed E-state index contributed by atoms with van der Waals surface area (Å²) in [6, 6.07) is 16.0. The van der Waals surface area contributed by atoms with Crippen molar-refractivity contribution in [1.82, 2.24) is 15.0 Å². The third kappa shape index (κ3) is 5.97. The molecule has 0 saturated heterocycles. The van der Waals surface area contributed by atoms with Gasteiger partial charge in [0.15, 0.2) is 11.5 Å². The monoisotopic (exact) mass is 411 g/mol. The molecule has 0 atom stereocenters. The van der Waals surface area contributed by atoms with Crippen LogP contribution in [0.25, 0.3) is 11.5 Å². The molecule has 2 aromatic carbocycles. The minimum absolute atomic E-state index is 0.280.